The van der Waals surface area contributed by atoms with Gasteiger partial charge >= 0.3 is 0 Å². The number of allylic oxidation sites excluding steroid dienone is 6. The molecule has 0 saturated carbocycles. The summed E-state index contributed by atoms with van der Waals surface area (Å²) in [6.07, 6.45) is 12.6. The van der Waals surface area contributed by atoms with Gasteiger partial charge in [-0.1, -0.05) is 104 Å². The minimum absolute atomic E-state index is 0.900. The van der Waals surface area contributed by atoms with E-state index in [0.29, 0.717) is 0 Å². The number of nitrogens with one attached hydrogen (secondary N) is 1. The van der Waals surface area contributed by atoms with Crippen LogP contribution in [0.25, 0.3) is 66.4 Å². The van der Waals surface area contributed by atoms with E-state index in [1.807, 2.05) is 13.0 Å². The minimum Gasteiger partial charge on any atom is -0.405 e. The van der Waals surface area contributed by atoms with E-state index in [0.717, 1.165) is 61.8 Å². The van der Waals surface area contributed by atoms with Crippen molar-refractivity contribution in [3.8, 4) is 22.5 Å². The summed E-state index contributed by atoms with van der Waals surface area (Å²) in [4.78, 5) is 2.27. The van der Waals surface area contributed by atoms with Gasteiger partial charge in [0.1, 0.15) is 0 Å². The number of nitrogens with two attached hydrogens (primary N) is 1. The second-order valence-corrected chi connectivity index (χ2v) is 14.4. The molecule has 0 radical (unpaired) electrons. The van der Waals surface area contributed by atoms with Crippen LogP contribution in [0.2, 0.25) is 0 Å². The molecule has 9 aromatic rings. The van der Waals surface area contributed by atoms with Gasteiger partial charge in [0, 0.05) is 57.0 Å². The van der Waals surface area contributed by atoms with Gasteiger partial charge in [-0.05, 0) is 144 Å². The lowest BCUT2D eigenvalue weighted by molar-refractivity contribution is 1.13. The summed E-state index contributed by atoms with van der Waals surface area (Å²) in [5.41, 5.74) is 21.0. The van der Waals surface area contributed by atoms with Gasteiger partial charge in [0.15, 0.2) is 0 Å². The molecule has 0 atom stereocenters. The van der Waals surface area contributed by atoms with Crippen LogP contribution in [0.4, 0.5) is 17.1 Å². The fourth-order valence-electron chi connectivity index (χ4n) is 8.26. The molecule has 0 aliphatic heterocycles. The van der Waals surface area contributed by atoms with Crippen LogP contribution in [0.1, 0.15) is 18.1 Å². The van der Waals surface area contributed by atoms with Crippen LogP contribution in [0, 0.1) is 5.41 Å². The monoisotopic (exact) mass is 761 g/mol. The maximum Gasteiger partial charge on any atom is 0.0635 e. The van der Waals surface area contributed by atoms with E-state index >= 15 is 0 Å². The Kier molecular flexibility index (Phi) is 9.92. The third kappa shape index (κ3) is 6.75. The van der Waals surface area contributed by atoms with Gasteiger partial charge in [0.05, 0.1) is 16.6 Å². The van der Waals surface area contributed by atoms with Crippen molar-refractivity contribution in [1.29, 1.82) is 5.41 Å². The molecule has 2 aromatic heterocycles. The summed E-state index contributed by atoms with van der Waals surface area (Å²) >= 11 is 0. The molecule has 7 aromatic carbocycles. The molecular weight excluding hydrogens is 719 g/mol. The molecule has 284 valence electrons. The molecule has 0 spiro atoms. The van der Waals surface area contributed by atoms with Gasteiger partial charge < -0.3 is 25.2 Å². The van der Waals surface area contributed by atoms with Gasteiger partial charge in [0.2, 0.25) is 0 Å². The van der Waals surface area contributed by atoms with E-state index in [9.17, 15) is 0 Å². The Labute approximate surface area is 344 Å². The number of hydrogen-bond donors (Lipinski definition) is 2. The van der Waals surface area contributed by atoms with E-state index in [2.05, 4.69) is 203 Å². The normalized spacial score (nSPS) is 12.2. The number of benzene rings is 7. The zero-order valence-corrected chi connectivity index (χ0v) is 32.8. The highest BCUT2D eigenvalue weighted by Gasteiger charge is 2.19. The largest absolute Gasteiger partial charge is 0.405 e. The second-order valence-electron chi connectivity index (χ2n) is 14.4. The van der Waals surface area contributed by atoms with Crippen LogP contribution < -0.4 is 10.6 Å². The SMILES string of the molecule is C=C/C(=C\C=N)c1ccc(N(c2ccc(C(/C=C\N)=C/C)cc2)c2ccc(-c3ccc4c(c3)c3ccc5c(ccn5-c5ccccc5)c3n4-c3ccccc3)cc2)cc1. The van der Waals surface area contributed by atoms with Gasteiger partial charge in [-0.2, -0.15) is 0 Å². The molecule has 5 nitrogen and oxygen atoms in total. The molecule has 2 heterocycles. The Morgan fingerprint density at radius 2 is 1.17 bits per heavy atom. The molecule has 5 heteroatoms. The average molecular weight is 762 g/mol. The van der Waals surface area contributed by atoms with Crippen molar-refractivity contribution >= 4 is 67.1 Å². The first-order valence-electron chi connectivity index (χ1n) is 19.8. The van der Waals surface area contributed by atoms with Crippen LogP contribution >= 0.6 is 0 Å². The molecule has 3 N–H and O–H groups in total. The lowest BCUT2D eigenvalue weighted by Gasteiger charge is -2.26. The van der Waals surface area contributed by atoms with Crippen molar-refractivity contribution in [2.45, 2.75) is 6.92 Å². The van der Waals surface area contributed by atoms with Crippen molar-refractivity contribution in [1.82, 2.24) is 9.13 Å². The summed E-state index contributed by atoms with van der Waals surface area (Å²) in [5.74, 6) is 0. The van der Waals surface area contributed by atoms with Gasteiger partial charge in [0.25, 0.3) is 0 Å². The van der Waals surface area contributed by atoms with E-state index in [4.69, 9.17) is 11.1 Å². The van der Waals surface area contributed by atoms with Gasteiger partial charge in [-0.25, -0.2) is 0 Å². The molecule has 0 amide bonds. The van der Waals surface area contributed by atoms with Crippen LogP contribution in [-0.4, -0.2) is 15.3 Å². The number of fused-ring (bicyclic) bond motifs is 5. The predicted octanol–water partition coefficient (Wildman–Crippen LogP) is 14.0. The van der Waals surface area contributed by atoms with Crippen molar-refractivity contribution < 1.29 is 0 Å². The second kappa shape index (κ2) is 15.9. The summed E-state index contributed by atoms with van der Waals surface area (Å²) < 4.78 is 4.68. The first-order valence-corrected chi connectivity index (χ1v) is 19.8. The number of rotatable bonds is 11. The standard InChI is InChI=1S/C54H43N5/c1-3-38(31-34-55)40-15-22-46(23-16-40)58(47-24-17-41(18-25-47)39(4-2)32-35-56)48-26-19-42(20-27-48)43-21-29-53-51(37-43)49-28-30-52-50(33-36-57(52)44-11-7-5-8-12-44)54(49)59(53)45-13-9-6-10-14-45/h3-37,55H,1,56H2,2H3/b35-32-,38-31+,39-4+,55-34?. The summed E-state index contributed by atoms with van der Waals surface area (Å²) in [5, 5.41) is 11.2. The summed E-state index contributed by atoms with van der Waals surface area (Å²) in [7, 11) is 0. The first-order chi connectivity index (χ1) is 29.1. The topological polar surface area (TPSA) is 63.0 Å². The highest BCUT2D eigenvalue weighted by atomic mass is 15.1. The predicted molar refractivity (Wildman–Crippen MR) is 252 cm³/mol. The van der Waals surface area contributed by atoms with E-state index < -0.39 is 0 Å². The lowest BCUT2D eigenvalue weighted by Crippen LogP contribution is -2.10. The Morgan fingerprint density at radius 3 is 1.76 bits per heavy atom. The van der Waals surface area contributed by atoms with Crippen LogP contribution in [0.5, 0.6) is 0 Å². The number of nitrogens with zero attached hydrogens (tertiary/aromatic N) is 3. The molecule has 59 heavy (non-hydrogen) atoms. The molecular formula is C54H43N5. The molecule has 0 unspecified atom stereocenters. The minimum atomic E-state index is 0.900. The van der Waals surface area contributed by atoms with Gasteiger partial charge in [-0.15, -0.1) is 0 Å². The number of aromatic nitrogens is 2. The third-order valence-corrected chi connectivity index (χ3v) is 11.1. The Bertz CT molecular complexity index is 3050. The van der Waals surface area contributed by atoms with Crippen molar-refractivity contribution in [2.75, 3.05) is 4.90 Å². The Balaban J connectivity index is 1.14. The Hall–Kier alpha value is -7.89. The van der Waals surface area contributed by atoms with E-state index in [1.165, 1.54) is 38.9 Å². The van der Waals surface area contributed by atoms with Crippen molar-refractivity contribution in [2.24, 2.45) is 5.73 Å². The molecule has 9 rings (SSSR count). The molecule has 0 fully saturated rings. The lowest BCUT2D eigenvalue weighted by atomic mass is 10.0. The highest BCUT2D eigenvalue weighted by Crippen LogP contribution is 2.41. The number of hydrogen-bond acceptors (Lipinski definition) is 3. The quantitative estimate of drug-likeness (QED) is 0.102. The zero-order chi connectivity index (χ0) is 40.3. The van der Waals surface area contributed by atoms with Crippen LogP contribution in [-0.2, 0) is 0 Å². The summed E-state index contributed by atoms with van der Waals surface area (Å²) in [6, 6.07) is 60.6. The smallest absolute Gasteiger partial charge is 0.0635 e. The van der Waals surface area contributed by atoms with E-state index in [-0.39, 0.29) is 0 Å². The van der Waals surface area contributed by atoms with E-state index in [1.54, 1.807) is 18.4 Å². The average Bonchev–Trinajstić information content (AvgIpc) is 3.88. The highest BCUT2D eigenvalue weighted by molar-refractivity contribution is 6.19. The fraction of sp³-hybridized carbons (Fsp3) is 0.0185. The maximum absolute atomic E-state index is 7.58. The molecule has 0 aliphatic rings. The number of anilines is 3. The van der Waals surface area contributed by atoms with Gasteiger partial charge in [-0.3, -0.25) is 0 Å². The Morgan fingerprint density at radius 1 is 0.593 bits per heavy atom. The number of para-hydroxylation sites is 2. The van der Waals surface area contributed by atoms with Crippen LogP contribution in [0.3, 0.4) is 0 Å². The molecule has 0 bridgehead atoms. The first kappa shape index (κ1) is 36.7. The maximum atomic E-state index is 7.58. The zero-order valence-electron chi connectivity index (χ0n) is 32.8. The van der Waals surface area contributed by atoms with Crippen molar-refractivity contribution in [3.05, 3.63) is 224 Å². The van der Waals surface area contributed by atoms with Crippen LogP contribution in [0.15, 0.2) is 213 Å². The molecule has 0 saturated heterocycles. The van der Waals surface area contributed by atoms with Crippen molar-refractivity contribution in [3.63, 3.8) is 0 Å². The fourth-order valence-corrected chi connectivity index (χ4v) is 8.26. The third-order valence-electron chi connectivity index (χ3n) is 11.1. The molecule has 0 aliphatic carbocycles. The summed E-state index contributed by atoms with van der Waals surface area (Å²) in [6.45, 7) is 5.97.